The predicted octanol–water partition coefficient (Wildman–Crippen LogP) is -2.58. The smallest absolute Gasteiger partial charge is 0.315 e. The maximum Gasteiger partial charge on any atom is 0.315 e. The van der Waals surface area contributed by atoms with Gasteiger partial charge in [-0.3, -0.25) is 0 Å². The van der Waals surface area contributed by atoms with Crippen LogP contribution < -0.4 is 15.7 Å². The Morgan fingerprint density at radius 3 is 2.67 bits per heavy atom. The van der Waals surface area contributed by atoms with E-state index in [0.29, 0.717) is 0 Å². The molecule has 1 saturated heterocycles. The Morgan fingerprint density at radius 1 is 1.78 bits per heavy atom. The second-order valence-corrected chi connectivity index (χ2v) is 1.73. The van der Waals surface area contributed by atoms with Gasteiger partial charge in [-0.1, -0.05) is 0 Å². The summed E-state index contributed by atoms with van der Waals surface area (Å²) >= 11 is 0. The van der Waals surface area contributed by atoms with Crippen LogP contribution in [0.2, 0.25) is 0 Å². The van der Waals surface area contributed by atoms with Crippen molar-refractivity contribution in [1.82, 2.24) is 10.6 Å². The molecule has 0 aliphatic carbocycles. The second-order valence-electron chi connectivity index (χ2n) is 1.73. The van der Waals surface area contributed by atoms with Crippen molar-refractivity contribution in [2.24, 2.45) is 0 Å². The summed E-state index contributed by atoms with van der Waals surface area (Å²) in [5.41, 5.74) is 0. The van der Waals surface area contributed by atoms with Gasteiger partial charge >= 0.3 is 6.03 Å². The molecule has 50 valence electrons. The van der Waals surface area contributed by atoms with Crippen LogP contribution in [0.3, 0.4) is 0 Å². The molecule has 2 N–H and O–H groups in total. The number of nitrogens with one attached hydrogen (secondary N) is 2. The zero-order valence-corrected chi connectivity index (χ0v) is 4.51. The van der Waals surface area contributed by atoms with Crippen LogP contribution in [0.4, 0.5) is 4.79 Å². The molecule has 0 aromatic rings. The van der Waals surface area contributed by atoms with Crippen molar-refractivity contribution in [1.29, 1.82) is 0 Å². The molecule has 0 spiro atoms. The standard InChI is InChI=1S/C4H6N2O3/c7-3(8)2-1-5-4(9)6-2/h2H,1H2,(H,7,8)(H2,5,6,9)/p-1/t2-/m1/s1. The lowest BCUT2D eigenvalue weighted by atomic mass is 10.3. The number of carboxylic acids is 1. The summed E-state index contributed by atoms with van der Waals surface area (Å²) in [6, 6.07) is -1.32. The lowest BCUT2D eigenvalue weighted by molar-refractivity contribution is -0.307. The monoisotopic (exact) mass is 129 g/mol. The Hall–Kier alpha value is -1.26. The van der Waals surface area contributed by atoms with E-state index in [-0.39, 0.29) is 6.54 Å². The van der Waals surface area contributed by atoms with Crippen LogP contribution in [-0.2, 0) is 4.79 Å². The van der Waals surface area contributed by atoms with E-state index in [2.05, 4.69) is 10.6 Å². The summed E-state index contributed by atoms with van der Waals surface area (Å²) in [6.45, 7) is 0.112. The Bertz CT molecular complexity index is 156. The number of hydrogen-bond donors (Lipinski definition) is 2. The topological polar surface area (TPSA) is 81.3 Å². The minimum absolute atomic E-state index is 0.112. The molecule has 5 nitrogen and oxygen atoms in total. The highest BCUT2D eigenvalue weighted by Gasteiger charge is 2.19. The van der Waals surface area contributed by atoms with Gasteiger partial charge in [-0.05, 0) is 0 Å². The van der Waals surface area contributed by atoms with Gasteiger partial charge in [0, 0.05) is 6.54 Å². The second kappa shape index (κ2) is 1.93. The van der Waals surface area contributed by atoms with E-state index < -0.39 is 18.0 Å². The summed E-state index contributed by atoms with van der Waals surface area (Å²) < 4.78 is 0. The number of carboxylic acid groups (broad SMARTS) is 1. The SMILES string of the molecule is O=C1NC[C@H](C(=O)[O-])N1. The minimum atomic E-state index is -1.26. The molecule has 1 heterocycles. The Morgan fingerprint density at radius 2 is 2.44 bits per heavy atom. The molecule has 1 atom stereocenters. The van der Waals surface area contributed by atoms with Crippen molar-refractivity contribution < 1.29 is 14.7 Å². The molecular weight excluding hydrogens is 124 g/mol. The van der Waals surface area contributed by atoms with Crippen molar-refractivity contribution in [3.63, 3.8) is 0 Å². The van der Waals surface area contributed by atoms with Gasteiger partial charge in [0.05, 0.1) is 12.0 Å². The molecule has 9 heavy (non-hydrogen) atoms. The van der Waals surface area contributed by atoms with E-state index in [4.69, 9.17) is 0 Å². The van der Waals surface area contributed by atoms with Crippen LogP contribution in [-0.4, -0.2) is 24.6 Å². The van der Waals surface area contributed by atoms with Gasteiger partial charge in [0.15, 0.2) is 0 Å². The molecule has 0 saturated carbocycles. The third kappa shape index (κ3) is 1.10. The normalized spacial score (nSPS) is 24.9. The molecule has 1 rings (SSSR count). The number of rotatable bonds is 1. The largest absolute Gasteiger partial charge is 0.548 e. The average molecular weight is 129 g/mol. The van der Waals surface area contributed by atoms with Crippen LogP contribution >= 0.6 is 0 Å². The van der Waals surface area contributed by atoms with E-state index in [1.54, 1.807) is 0 Å². The summed E-state index contributed by atoms with van der Waals surface area (Å²) in [5, 5.41) is 14.4. The van der Waals surface area contributed by atoms with Gasteiger partial charge in [-0.25, -0.2) is 4.79 Å². The molecule has 0 bridgehead atoms. The van der Waals surface area contributed by atoms with Gasteiger partial charge in [0.25, 0.3) is 0 Å². The fourth-order valence-corrected chi connectivity index (χ4v) is 0.597. The number of carbonyl (C=O) groups is 2. The molecule has 0 aromatic heterocycles. The summed E-state index contributed by atoms with van der Waals surface area (Å²) in [5.74, 6) is -1.26. The van der Waals surface area contributed by atoms with Crippen LogP contribution in [0.1, 0.15) is 0 Å². The highest BCUT2D eigenvalue weighted by Crippen LogP contribution is 1.86. The molecular formula is C4H5N2O3-. The van der Waals surface area contributed by atoms with Gasteiger partial charge in [-0.2, -0.15) is 0 Å². The van der Waals surface area contributed by atoms with Gasteiger partial charge in [-0.15, -0.1) is 0 Å². The van der Waals surface area contributed by atoms with Crippen molar-refractivity contribution in [3.05, 3.63) is 0 Å². The molecule has 1 aliphatic rings. The van der Waals surface area contributed by atoms with Crippen molar-refractivity contribution in [3.8, 4) is 0 Å². The third-order valence-electron chi connectivity index (χ3n) is 1.06. The van der Waals surface area contributed by atoms with E-state index in [9.17, 15) is 14.7 Å². The fraction of sp³-hybridized carbons (Fsp3) is 0.500. The maximum absolute atomic E-state index is 10.2. The number of hydrogen-bond acceptors (Lipinski definition) is 3. The highest BCUT2D eigenvalue weighted by atomic mass is 16.4. The van der Waals surface area contributed by atoms with Gasteiger partial charge in [0.2, 0.25) is 0 Å². The maximum atomic E-state index is 10.2. The molecule has 5 heteroatoms. The predicted molar refractivity (Wildman–Crippen MR) is 25.3 cm³/mol. The van der Waals surface area contributed by atoms with Crippen molar-refractivity contribution in [2.75, 3.05) is 6.54 Å². The van der Waals surface area contributed by atoms with Crippen molar-refractivity contribution >= 4 is 12.0 Å². The zero-order valence-electron chi connectivity index (χ0n) is 4.51. The first-order valence-electron chi connectivity index (χ1n) is 2.45. The van der Waals surface area contributed by atoms with E-state index >= 15 is 0 Å². The first-order chi connectivity index (χ1) is 4.20. The van der Waals surface area contributed by atoms with Gasteiger partial charge in [0.1, 0.15) is 0 Å². The number of aliphatic carboxylic acids is 1. The van der Waals surface area contributed by atoms with E-state index in [1.807, 2.05) is 0 Å². The number of urea groups is 1. The molecule has 0 unspecified atom stereocenters. The van der Waals surface area contributed by atoms with Gasteiger partial charge < -0.3 is 20.5 Å². The van der Waals surface area contributed by atoms with Crippen LogP contribution in [0.25, 0.3) is 0 Å². The summed E-state index contributed by atoms with van der Waals surface area (Å²) in [7, 11) is 0. The zero-order chi connectivity index (χ0) is 6.85. The molecule has 0 radical (unpaired) electrons. The fourth-order valence-electron chi connectivity index (χ4n) is 0.597. The summed E-state index contributed by atoms with van der Waals surface area (Å²) in [6.07, 6.45) is 0. The molecule has 0 aromatic carbocycles. The number of carbonyl (C=O) groups excluding carboxylic acids is 2. The Kier molecular flexibility index (Phi) is 1.26. The van der Waals surface area contributed by atoms with Crippen LogP contribution in [0.5, 0.6) is 0 Å². The third-order valence-corrected chi connectivity index (χ3v) is 1.06. The minimum Gasteiger partial charge on any atom is -0.548 e. The Balaban J connectivity index is 2.48. The average Bonchev–Trinajstić information content (AvgIpc) is 2.14. The number of amides is 2. The lowest BCUT2D eigenvalue weighted by Gasteiger charge is -2.07. The van der Waals surface area contributed by atoms with E-state index in [0.717, 1.165) is 0 Å². The van der Waals surface area contributed by atoms with Crippen LogP contribution in [0.15, 0.2) is 0 Å². The van der Waals surface area contributed by atoms with Crippen LogP contribution in [0, 0.1) is 0 Å². The quantitative estimate of drug-likeness (QED) is 0.408. The molecule has 1 aliphatic heterocycles. The first-order valence-corrected chi connectivity index (χ1v) is 2.45. The van der Waals surface area contributed by atoms with E-state index in [1.165, 1.54) is 0 Å². The lowest BCUT2D eigenvalue weighted by Crippen LogP contribution is -2.44. The Labute approximate surface area is 51.0 Å². The molecule has 1 fully saturated rings. The molecule has 2 amide bonds. The highest BCUT2D eigenvalue weighted by molar-refractivity contribution is 5.85. The van der Waals surface area contributed by atoms with Crippen molar-refractivity contribution in [2.45, 2.75) is 6.04 Å². The summed E-state index contributed by atoms with van der Waals surface area (Å²) in [4.78, 5) is 20.2. The first kappa shape index (κ1) is 5.87.